The normalized spacial score (nSPS) is 44.9. The molecular formula is C24H32O4. The Hall–Kier alpha value is -1.71. The summed E-state index contributed by atoms with van der Waals surface area (Å²) >= 11 is 0. The fourth-order valence-electron chi connectivity index (χ4n) is 7.63. The molecule has 0 spiro atoms. The molecule has 0 aromatic carbocycles. The highest BCUT2D eigenvalue weighted by Crippen LogP contribution is 2.68. The van der Waals surface area contributed by atoms with Gasteiger partial charge in [0, 0.05) is 18.8 Å². The first-order valence-electron chi connectivity index (χ1n) is 10.7. The molecular weight excluding hydrogens is 352 g/mol. The van der Waals surface area contributed by atoms with E-state index in [1.54, 1.807) is 6.92 Å². The van der Waals surface area contributed by atoms with Crippen LogP contribution in [0.3, 0.4) is 0 Å². The third kappa shape index (κ3) is 2.39. The van der Waals surface area contributed by atoms with Crippen LogP contribution in [0.4, 0.5) is 0 Å². The van der Waals surface area contributed by atoms with E-state index in [1.165, 1.54) is 12.5 Å². The van der Waals surface area contributed by atoms with Crippen molar-refractivity contribution >= 4 is 17.5 Å². The van der Waals surface area contributed by atoms with Crippen molar-refractivity contribution in [3.63, 3.8) is 0 Å². The Balaban J connectivity index is 1.75. The number of ketones is 2. The minimum Gasteiger partial charge on any atom is -0.451 e. The van der Waals surface area contributed by atoms with Crippen LogP contribution in [-0.2, 0) is 19.1 Å². The molecule has 3 saturated carbocycles. The van der Waals surface area contributed by atoms with Crippen LogP contribution in [0.15, 0.2) is 23.8 Å². The van der Waals surface area contributed by atoms with Gasteiger partial charge in [0.15, 0.2) is 17.2 Å². The Labute approximate surface area is 167 Å². The summed E-state index contributed by atoms with van der Waals surface area (Å²) in [6, 6.07) is 0. The number of hydrogen-bond donors (Lipinski definition) is 0. The predicted molar refractivity (Wildman–Crippen MR) is 106 cm³/mol. The number of carbonyl (C=O) groups is 3. The molecule has 0 unspecified atom stereocenters. The van der Waals surface area contributed by atoms with Gasteiger partial charge in [0.2, 0.25) is 0 Å². The molecule has 0 saturated heterocycles. The molecule has 152 valence electrons. The van der Waals surface area contributed by atoms with Gasteiger partial charge >= 0.3 is 5.97 Å². The van der Waals surface area contributed by atoms with Gasteiger partial charge in [-0.2, -0.15) is 0 Å². The fraction of sp³-hybridized carbons (Fsp3) is 0.708. The number of Topliss-reactive ketones (excluding diaryl/α,β-unsaturated/α-hetero) is 1. The molecule has 4 nitrogen and oxygen atoms in total. The van der Waals surface area contributed by atoms with Crippen LogP contribution in [-0.4, -0.2) is 23.1 Å². The van der Waals surface area contributed by atoms with E-state index in [-0.39, 0.29) is 28.4 Å². The molecule has 6 atom stereocenters. The van der Waals surface area contributed by atoms with Gasteiger partial charge in [0.05, 0.1) is 0 Å². The second-order valence-corrected chi connectivity index (χ2v) is 10.1. The second-order valence-electron chi connectivity index (χ2n) is 10.1. The van der Waals surface area contributed by atoms with Crippen LogP contribution in [0.5, 0.6) is 0 Å². The van der Waals surface area contributed by atoms with Crippen LogP contribution in [0, 0.1) is 28.6 Å². The summed E-state index contributed by atoms with van der Waals surface area (Å²) in [7, 11) is 0. The molecule has 0 aromatic rings. The second kappa shape index (κ2) is 6.14. The van der Waals surface area contributed by atoms with Crippen molar-refractivity contribution in [1.29, 1.82) is 0 Å². The van der Waals surface area contributed by atoms with E-state index in [0.29, 0.717) is 30.6 Å². The minimum absolute atomic E-state index is 0.00184. The SMILES string of the molecule is C=C1C[C@@H]2[C@H]3CC[C@](OC(C)=O)(C(C)=O)[C@@]3(C)CC[C@@H]2[C@@]2(C)CCC(=O)C=C12. The first-order valence-corrected chi connectivity index (χ1v) is 10.7. The molecule has 0 aliphatic heterocycles. The van der Waals surface area contributed by atoms with Gasteiger partial charge in [-0.25, -0.2) is 0 Å². The average molecular weight is 385 g/mol. The Bertz CT molecular complexity index is 807. The maximum absolute atomic E-state index is 12.8. The zero-order valence-electron chi connectivity index (χ0n) is 17.6. The van der Waals surface area contributed by atoms with Gasteiger partial charge in [-0.1, -0.05) is 26.0 Å². The highest BCUT2D eigenvalue weighted by molar-refractivity contribution is 5.92. The zero-order valence-corrected chi connectivity index (χ0v) is 17.6. The Morgan fingerprint density at radius 2 is 1.79 bits per heavy atom. The lowest BCUT2D eigenvalue weighted by Crippen LogP contribution is -2.58. The number of rotatable bonds is 2. The van der Waals surface area contributed by atoms with Crippen LogP contribution < -0.4 is 0 Å². The van der Waals surface area contributed by atoms with Crippen molar-refractivity contribution < 1.29 is 19.1 Å². The minimum atomic E-state index is -0.991. The largest absolute Gasteiger partial charge is 0.451 e. The first-order chi connectivity index (χ1) is 13.0. The summed E-state index contributed by atoms with van der Waals surface area (Å²) in [5, 5.41) is 0. The summed E-state index contributed by atoms with van der Waals surface area (Å²) in [6.45, 7) is 11.8. The third-order valence-corrected chi connectivity index (χ3v) is 8.94. The number of carbonyl (C=O) groups excluding carboxylic acids is 3. The van der Waals surface area contributed by atoms with Gasteiger partial charge in [-0.15, -0.1) is 0 Å². The summed E-state index contributed by atoms with van der Waals surface area (Å²) in [5.74, 6) is 1.10. The van der Waals surface area contributed by atoms with Crippen molar-refractivity contribution in [2.45, 2.75) is 78.2 Å². The van der Waals surface area contributed by atoms with Gasteiger partial charge in [0.1, 0.15) is 0 Å². The van der Waals surface area contributed by atoms with Gasteiger partial charge < -0.3 is 4.74 Å². The maximum Gasteiger partial charge on any atom is 0.303 e. The smallest absolute Gasteiger partial charge is 0.303 e. The van der Waals surface area contributed by atoms with Crippen molar-refractivity contribution in [2.75, 3.05) is 0 Å². The fourth-order valence-corrected chi connectivity index (χ4v) is 7.63. The number of allylic oxidation sites excluding steroid dienone is 2. The monoisotopic (exact) mass is 384 g/mol. The van der Waals surface area contributed by atoms with Crippen LogP contribution in [0.1, 0.15) is 72.6 Å². The van der Waals surface area contributed by atoms with E-state index < -0.39 is 5.60 Å². The lowest BCUT2D eigenvalue weighted by Gasteiger charge is -2.59. The lowest BCUT2D eigenvalue weighted by molar-refractivity contribution is -0.186. The molecule has 0 bridgehead atoms. The number of esters is 1. The Morgan fingerprint density at radius 1 is 1.11 bits per heavy atom. The summed E-state index contributed by atoms with van der Waals surface area (Å²) in [5.41, 5.74) is 0.944. The predicted octanol–water partition coefficient (Wildman–Crippen LogP) is 4.58. The lowest BCUT2D eigenvalue weighted by atomic mass is 9.45. The summed E-state index contributed by atoms with van der Waals surface area (Å²) in [6.07, 6.45) is 7.66. The topological polar surface area (TPSA) is 60.4 Å². The van der Waals surface area contributed by atoms with Gasteiger partial charge in [0.25, 0.3) is 0 Å². The molecule has 4 aliphatic rings. The highest BCUT2D eigenvalue weighted by atomic mass is 16.6. The molecule has 0 N–H and O–H groups in total. The van der Waals surface area contributed by atoms with Crippen LogP contribution >= 0.6 is 0 Å². The maximum atomic E-state index is 12.8. The van der Waals surface area contributed by atoms with E-state index in [4.69, 9.17) is 4.74 Å². The molecule has 4 aliphatic carbocycles. The first kappa shape index (κ1) is 19.6. The summed E-state index contributed by atoms with van der Waals surface area (Å²) < 4.78 is 5.82. The van der Waals surface area contributed by atoms with Crippen molar-refractivity contribution in [3.05, 3.63) is 23.8 Å². The molecule has 0 amide bonds. The van der Waals surface area contributed by atoms with Gasteiger partial charge in [-0.05, 0) is 80.3 Å². The number of ether oxygens (including phenoxy) is 1. The quantitative estimate of drug-likeness (QED) is 0.654. The highest BCUT2D eigenvalue weighted by Gasteiger charge is 2.68. The molecule has 0 aromatic heterocycles. The molecule has 0 radical (unpaired) electrons. The van der Waals surface area contributed by atoms with Crippen molar-refractivity contribution in [3.8, 4) is 0 Å². The average Bonchev–Trinajstić information content (AvgIpc) is 2.90. The van der Waals surface area contributed by atoms with Gasteiger partial charge in [-0.3, -0.25) is 14.4 Å². The van der Waals surface area contributed by atoms with E-state index in [0.717, 1.165) is 37.7 Å². The Kier molecular flexibility index (Phi) is 4.30. The van der Waals surface area contributed by atoms with Crippen molar-refractivity contribution in [1.82, 2.24) is 0 Å². The molecule has 4 heteroatoms. The van der Waals surface area contributed by atoms with E-state index >= 15 is 0 Å². The summed E-state index contributed by atoms with van der Waals surface area (Å²) in [4.78, 5) is 36.7. The number of hydrogen-bond acceptors (Lipinski definition) is 4. The molecule has 3 fully saturated rings. The van der Waals surface area contributed by atoms with Crippen LogP contribution in [0.25, 0.3) is 0 Å². The van der Waals surface area contributed by atoms with Crippen LogP contribution in [0.2, 0.25) is 0 Å². The van der Waals surface area contributed by atoms with Crippen molar-refractivity contribution in [2.24, 2.45) is 28.6 Å². The van der Waals surface area contributed by atoms with E-state index in [2.05, 4.69) is 20.4 Å². The number of fused-ring (bicyclic) bond motifs is 5. The van der Waals surface area contributed by atoms with E-state index in [9.17, 15) is 14.4 Å². The molecule has 28 heavy (non-hydrogen) atoms. The zero-order chi connectivity index (χ0) is 20.5. The third-order valence-electron chi connectivity index (χ3n) is 8.94. The Morgan fingerprint density at radius 3 is 2.43 bits per heavy atom. The molecule has 0 heterocycles. The molecule has 4 rings (SSSR count). The standard InChI is InChI=1S/C24H32O4/c1-14-12-18-19(22(4)9-6-17(27)13-21(14)22)7-10-23(5)20(18)8-11-24(23,15(2)25)28-16(3)26/h13,18-20H,1,6-12H2,2-5H3/t18-,19-,20+,22+,23-,24-/m0/s1. The van der Waals surface area contributed by atoms with E-state index in [1.807, 2.05) is 6.08 Å².